The number of carbonyl (C=O) groups excluding carboxylic acids is 2. The van der Waals surface area contributed by atoms with Crippen molar-refractivity contribution in [2.75, 3.05) is 47.5 Å². The maximum atomic E-state index is 12.8. The maximum absolute atomic E-state index is 12.8. The van der Waals surface area contributed by atoms with Crippen LogP contribution < -0.4 is 0 Å². The van der Waals surface area contributed by atoms with Gasteiger partial charge in [-0.2, -0.15) is 0 Å². The monoisotopic (exact) mass is 1080 g/mol. The molecule has 0 spiro atoms. The molecule has 436 valence electrons. The zero-order valence-electron chi connectivity index (χ0n) is 49.5. The number of nitrogens with zero attached hydrogens (tertiary/aromatic N) is 1. The highest BCUT2D eigenvalue weighted by molar-refractivity contribution is 7.47. The Bertz CT molecular complexity index is 1650. The Morgan fingerprint density at radius 1 is 0.408 bits per heavy atom. The molecule has 0 saturated heterocycles. The molecule has 0 aromatic rings. The van der Waals surface area contributed by atoms with E-state index in [4.69, 9.17) is 18.5 Å². The van der Waals surface area contributed by atoms with Crippen molar-refractivity contribution in [3.8, 4) is 0 Å². The number of hydrogen-bond donors (Lipinski definition) is 1. The van der Waals surface area contributed by atoms with Gasteiger partial charge in [-0.1, -0.05) is 245 Å². The van der Waals surface area contributed by atoms with Gasteiger partial charge in [0.1, 0.15) is 19.8 Å². The number of phosphoric ester groups is 1. The molecule has 0 aromatic heterocycles. The SMILES string of the molecule is CC/C=C\C/C=C\C/C=C\C/C=C\C/C=C\CCCCCCCCCCCCCCCCCCCC(=O)OC(COC(=O)CCCCCCCC/C=C\C/C=C\C/C=C\C/C=C\CC)COP(=O)(O)OCC[N+](C)(C)C. The van der Waals surface area contributed by atoms with Crippen LogP contribution in [-0.2, 0) is 32.7 Å². The van der Waals surface area contributed by atoms with Gasteiger partial charge in [-0.25, -0.2) is 4.57 Å². The molecule has 2 atom stereocenters. The number of quaternary nitrogens is 1. The maximum Gasteiger partial charge on any atom is 0.472 e. The molecular weight excluding hydrogens is 966 g/mol. The van der Waals surface area contributed by atoms with Crippen molar-refractivity contribution in [2.24, 2.45) is 0 Å². The summed E-state index contributed by atoms with van der Waals surface area (Å²) >= 11 is 0. The fraction of sp³-hybridized carbons (Fsp3) is 0.697. The summed E-state index contributed by atoms with van der Waals surface area (Å²) in [6.45, 7) is 4.19. The summed E-state index contributed by atoms with van der Waals surface area (Å²) in [5.74, 6) is -0.814. The van der Waals surface area contributed by atoms with Crippen LogP contribution in [0.4, 0.5) is 0 Å². The minimum atomic E-state index is -4.40. The molecule has 0 saturated carbocycles. The summed E-state index contributed by atoms with van der Waals surface area (Å²) in [5, 5.41) is 0. The zero-order chi connectivity index (χ0) is 55.6. The molecule has 0 aliphatic carbocycles. The summed E-state index contributed by atoms with van der Waals surface area (Å²) in [5.41, 5.74) is 0. The van der Waals surface area contributed by atoms with E-state index >= 15 is 0 Å². The highest BCUT2D eigenvalue weighted by Gasteiger charge is 2.27. The molecule has 0 aromatic carbocycles. The molecule has 0 aliphatic heterocycles. The Kier molecular flexibility index (Phi) is 53.9. The largest absolute Gasteiger partial charge is 0.472 e. The quantitative estimate of drug-likeness (QED) is 0.0211. The van der Waals surface area contributed by atoms with Gasteiger partial charge in [0, 0.05) is 12.8 Å². The fourth-order valence-electron chi connectivity index (χ4n) is 8.15. The molecule has 2 unspecified atom stereocenters. The lowest BCUT2D eigenvalue weighted by atomic mass is 10.0. The van der Waals surface area contributed by atoms with Crippen LogP contribution in [-0.4, -0.2) is 74.9 Å². The number of phosphoric acid groups is 1. The van der Waals surface area contributed by atoms with E-state index in [-0.39, 0.29) is 32.0 Å². The summed E-state index contributed by atoms with van der Waals surface area (Å²) in [4.78, 5) is 35.7. The highest BCUT2D eigenvalue weighted by Crippen LogP contribution is 2.43. The van der Waals surface area contributed by atoms with Gasteiger partial charge in [-0.3, -0.25) is 18.6 Å². The van der Waals surface area contributed by atoms with Crippen molar-refractivity contribution < 1.29 is 42.1 Å². The third-order valence-corrected chi connectivity index (χ3v) is 13.8. The van der Waals surface area contributed by atoms with Crippen molar-refractivity contribution in [1.82, 2.24) is 0 Å². The van der Waals surface area contributed by atoms with Gasteiger partial charge < -0.3 is 18.9 Å². The Hall–Kier alpha value is -3.33. The van der Waals surface area contributed by atoms with E-state index in [1.54, 1.807) is 0 Å². The number of unbranched alkanes of at least 4 members (excludes halogenated alkanes) is 23. The molecule has 76 heavy (non-hydrogen) atoms. The molecule has 1 N–H and O–H groups in total. The normalized spacial score (nSPS) is 14.0. The molecule has 0 radical (unpaired) electrons. The van der Waals surface area contributed by atoms with Crippen LogP contribution in [0.3, 0.4) is 0 Å². The summed E-state index contributed by atoms with van der Waals surface area (Å²) in [7, 11) is 1.46. The lowest BCUT2D eigenvalue weighted by Gasteiger charge is -2.24. The molecule has 9 nitrogen and oxygen atoms in total. The van der Waals surface area contributed by atoms with Gasteiger partial charge in [-0.05, 0) is 96.3 Å². The Balaban J connectivity index is 4.10. The second kappa shape index (κ2) is 56.4. The average Bonchev–Trinajstić information content (AvgIpc) is 3.38. The predicted octanol–water partition coefficient (Wildman–Crippen LogP) is 19.4. The molecule has 10 heteroatoms. The van der Waals surface area contributed by atoms with Gasteiger partial charge in [0.05, 0.1) is 27.7 Å². The van der Waals surface area contributed by atoms with Gasteiger partial charge in [-0.15, -0.1) is 0 Å². The molecule has 0 rings (SSSR count). The van der Waals surface area contributed by atoms with Crippen LogP contribution in [0.1, 0.15) is 245 Å². The minimum Gasteiger partial charge on any atom is -0.462 e. The van der Waals surface area contributed by atoms with Gasteiger partial charge in [0.15, 0.2) is 6.10 Å². The number of carbonyl (C=O) groups is 2. The molecule has 0 aliphatic rings. The van der Waals surface area contributed by atoms with Crippen molar-refractivity contribution in [2.45, 2.75) is 251 Å². The Morgan fingerprint density at radius 2 is 0.711 bits per heavy atom. The third kappa shape index (κ3) is 59.9. The summed E-state index contributed by atoms with van der Waals surface area (Å²) in [6, 6.07) is 0. The van der Waals surface area contributed by atoms with Crippen LogP contribution in [0.15, 0.2) is 109 Å². The number of rotatable bonds is 55. The first kappa shape index (κ1) is 72.7. The zero-order valence-corrected chi connectivity index (χ0v) is 50.3. The molecular formula is C66H115NO8P+. The van der Waals surface area contributed by atoms with E-state index in [9.17, 15) is 19.0 Å². The standard InChI is InChI=1S/C66H114NO8P/c1-6-8-10-12-14-16-18-20-22-24-26-27-28-29-30-31-32-33-34-35-36-37-38-39-41-43-45-47-49-51-53-55-57-59-66(69)75-64(63-74-76(70,71)73-61-60-67(3,4)5)62-72-65(68)58-56-54-52-50-48-46-44-42-40-25-23-21-19-17-15-13-11-9-7-2/h8-11,14-17,20-23,26-27,29-30,40,42,64H,6-7,12-13,18-19,24-25,28,31-39,41,43-63H2,1-5H3/p+1/b10-8-,11-9-,16-14-,17-15-,22-20-,23-21-,27-26-,30-29-,42-40-. The first-order valence-corrected chi connectivity index (χ1v) is 32.1. The van der Waals surface area contributed by atoms with Crippen LogP contribution in [0.2, 0.25) is 0 Å². The third-order valence-electron chi connectivity index (χ3n) is 12.8. The lowest BCUT2D eigenvalue weighted by Crippen LogP contribution is -2.37. The van der Waals surface area contributed by atoms with E-state index in [1.165, 1.54) is 96.3 Å². The first-order chi connectivity index (χ1) is 37.0. The second-order valence-corrected chi connectivity index (χ2v) is 22.8. The topological polar surface area (TPSA) is 108 Å². The number of likely N-dealkylation sites (N-methyl/N-ethyl adjacent to an activating group) is 1. The fourth-order valence-corrected chi connectivity index (χ4v) is 8.89. The summed E-state index contributed by atoms with van der Waals surface area (Å²) in [6.07, 6.45) is 78.8. The lowest BCUT2D eigenvalue weighted by molar-refractivity contribution is -0.870. The minimum absolute atomic E-state index is 0.0251. The van der Waals surface area contributed by atoms with E-state index in [2.05, 4.69) is 123 Å². The highest BCUT2D eigenvalue weighted by atomic mass is 31.2. The van der Waals surface area contributed by atoms with E-state index < -0.39 is 26.5 Å². The first-order valence-electron chi connectivity index (χ1n) is 30.6. The molecule has 0 amide bonds. The molecule has 0 bridgehead atoms. The van der Waals surface area contributed by atoms with Crippen molar-refractivity contribution in [3.05, 3.63) is 109 Å². The van der Waals surface area contributed by atoms with E-state index in [1.807, 2.05) is 21.1 Å². The Labute approximate surface area is 467 Å². The average molecular weight is 1080 g/mol. The molecule has 0 fully saturated rings. The van der Waals surface area contributed by atoms with E-state index in [0.717, 1.165) is 116 Å². The Morgan fingerprint density at radius 3 is 1.05 bits per heavy atom. The number of ether oxygens (including phenoxy) is 2. The predicted molar refractivity (Wildman–Crippen MR) is 325 cm³/mol. The van der Waals surface area contributed by atoms with Crippen molar-refractivity contribution >= 4 is 19.8 Å². The summed E-state index contributed by atoms with van der Waals surface area (Å²) < 4.78 is 34.6. The van der Waals surface area contributed by atoms with Crippen LogP contribution >= 0.6 is 7.82 Å². The number of allylic oxidation sites excluding steroid dienone is 18. The smallest absolute Gasteiger partial charge is 0.462 e. The second-order valence-electron chi connectivity index (χ2n) is 21.3. The van der Waals surface area contributed by atoms with Crippen molar-refractivity contribution in [1.29, 1.82) is 0 Å². The van der Waals surface area contributed by atoms with Gasteiger partial charge >= 0.3 is 19.8 Å². The van der Waals surface area contributed by atoms with Crippen LogP contribution in [0.5, 0.6) is 0 Å². The molecule has 0 heterocycles. The van der Waals surface area contributed by atoms with Crippen LogP contribution in [0.25, 0.3) is 0 Å². The van der Waals surface area contributed by atoms with E-state index in [0.29, 0.717) is 17.4 Å². The number of hydrogen-bond acceptors (Lipinski definition) is 7. The van der Waals surface area contributed by atoms with Gasteiger partial charge in [0.25, 0.3) is 0 Å². The number of esters is 2. The van der Waals surface area contributed by atoms with Crippen molar-refractivity contribution in [3.63, 3.8) is 0 Å². The van der Waals surface area contributed by atoms with Gasteiger partial charge in [0.2, 0.25) is 0 Å². The van der Waals surface area contributed by atoms with Crippen LogP contribution in [0, 0.1) is 0 Å².